The number of carbonyl (C=O) groups is 3. The average Bonchev–Trinajstić information content (AvgIpc) is 2.88. The first kappa shape index (κ1) is 17.5. The molecule has 0 aliphatic heterocycles. The number of rotatable bonds is 7. The van der Waals surface area contributed by atoms with Gasteiger partial charge in [0.2, 0.25) is 11.8 Å². The van der Waals surface area contributed by atoms with Crippen molar-refractivity contribution in [1.82, 2.24) is 10.2 Å². The number of nitrogens with one attached hydrogen (secondary N) is 1. The molecule has 6 heteroatoms. The van der Waals surface area contributed by atoms with Gasteiger partial charge in [-0.15, -0.1) is 0 Å². The highest BCUT2D eigenvalue weighted by molar-refractivity contribution is 5.88. The van der Waals surface area contributed by atoms with Crippen LogP contribution in [0.3, 0.4) is 0 Å². The van der Waals surface area contributed by atoms with E-state index in [1.54, 1.807) is 7.05 Å². The number of hydrogen-bond donors (Lipinski definition) is 2. The molecule has 1 rings (SSSR count). The summed E-state index contributed by atoms with van der Waals surface area (Å²) in [5.41, 5.74) is 0. The van der Waals surface area contributed by atoms with Crippen LogP contribution in [0.4, 0.5) is 0 Å². The maximum Gasteiger partial charge on any atom is 0.307 e. The van der Waals surface area contributed by atoms with Crippen molar-refractivity contribution in [1.29, 1.82) is 0 Å². The summed E-state index contributed by atoms with van der Waals surface area (Å²) in [5, 5.41) is 12.0. The molecule has 1 aliphatic carbocycles. The van der Waals surface area contributed by atoms with Crippen molar-refractivity contribution in [2.45, 2.75) is 39.5 Å². The van der Waals surface area contributed by atoms with Crippen molar-refractivity contribution in [3.05, 3.63) is 0 Å². The Bertz CT molecular complexity index is 397. The molecule has 0 aromatic rings. The summed E-state index contributed by atoms with van der Waals surface area (Å²) in [7, 11) is 1.56. The molecule has 0 saturated heterocycles. The van der Waals surface area contributed by atoms with Crippen molar-refractivity contribution in [3.8, 4) is 0 Å². The van der Waals surface area contributed by atoms with E-state index in [1.165, 1.54) is 4.90 Å². The molecule has 1 unspecified atom stereocenters. The van der Waals surface area contributed by atoms with E-state index in [0.29, 0.717) is 19.4 Å². The van der Waals surface area contributed by atoms with Gasteiger partial charge >= 0.3 is 5.97 Å². The molecule has 1 saturated carbocycles. The monoisotopic (exact) mass is 298 g/mol. The van der Waals surface area contributed by atoms with Gasteiger partial charge in [0, 0.05) is 13.6 Å². The first-order chi connectivity index (χ1) is 9.90. The molecule has 0 heterocycles. The van der Waals surface area contributed by atoms with Gasteiger partial charge in [-0.3, -0.25) is 14.4 Å². The van der Waals surface area contributed by atoms with Gasteiger partial charge in [0.15, 0.2) is 0 Å². The van der Waals surface area contributed by atoms with Crippen molar-refractivity contribution in [2.75, 3.05) is 20.1 Å². The molecule has 0 aromatic carbocycles. The molecule has 0 radical (unpaired) electrons. The Labute approximate surface area is 125 Å². The van der Waals surface area contributed by atoms with Crippen LogP contribution in [0.5, 0.6) is 0 Å². The Kier molecular flexibility index (Phi) is 6.65. The van der Waals surface area contributed by atoms with E-state index in [4.69, 9.17) is 0 Å². The lowest BCUT2D eigenvalue weighted by atomic mass is 9.95. The predicted octanol–water partition coefficient (Wildman–Crippen LogP) is 1.11. The lowest BCUT2D eigenvalue weighted by Crippen LogP contribution is -2.42. The van der Waals surface area contributed by atoms with Crippen molar-refractivity contribution >= 4 is 17.8 Å². The minimum Gasteiger partial charge on any atom is -0.481 e. The normalized spacial score (nSPS) is 24.6. The van der Waals surface area contributed by atoms with Crippen molar-refractivity contribution < 1.29 is 19.5 Å². The molecule has 1 aliphatic rings. The number of carboxylic acids is 1. The van der Waals surface area contributed by atoms with E-state index in [1.807, 2.05) is 13.8 Å². The molecule has 21 heavy (non-hydrogen) atoms. The summed E-state index contributed by atoms with van der Waals surface area (Å²) in [6, 6.07) is 0. The number of amides is 2. The second-order valence-corrected chi connectivity index (χ2v) is 5.84. The van der Waals surface area contributed by atoms with Crippen LogP contribution in [0.15, 0.2) is 0 Å². The Balaban J connectivity index is 2.63. The van der Waals surface area contributed by atoms with Crippen LogP contribution >= 0.6 is 0 Å². The number of likely N-dealkylation sites (N-methyl/N-ethyl adjacent to an activating group) is 1. The van der Waals surface area contributed by atoms with Crippen LogP contribution < -0.4 is 5.32 Å². The molecular weight excluding hydrogens is 272 g/mol. The Morgan fingerprint density at radius 2 is 1.81 bits per heavy atom. The summed E-state index contributed by atoms with van der Waals surface area (Å²) < 4.78 is 0. The van der Waals surface area contributed by atoms with Gasteiger partial charge < -0.3 is 15.3 Å². The highest BCUT2D eigenvalue weighted by atomic mass is 16.4. The van der Waals surface area contributed by atoms with E-state index in [-0.39, 0.29) is 24.3 Å². The van der Waals surface area contributed by atoms with Gasteiger partial charge in [0.05, 0.1) is 18.4 Å². The summed E-state index contributed by atoms with van der Waals surface area (Å²) >= 11 is 0. The highest BCUT2D eigenvalue weighted by Crippen LogP contribution is 2.39. The zero-order chi connectivity index (χ0) is 16.0. The minimum atomic E-state index is -0.909. The van der Waals surface area contributed by atoms with Gasteiger partial charge in [0.25, 0.3) is 0 Å². The fourth-order valence-corrected chi connectivity index (χ4v) is 2.92. The maximum absolute atomic E-state index is 12.4. The second-order valence-electron chi connectivity index (χ2n) is 5.84. The Morgan fingerprint density at radius 3 is 2.33 bits per heavy atom. The van der Waals surface area contributed by atoms with E-state index < -0.39 is 17.8 Å². The molecule has 3 atom stereocenters. The number of nitrogens with zero attached hydrogens (tertiary/aromatic N) is 1. The lowest BCUT2D eigenvalue weighted by molar-refractivity contribution is -0.149. The predicted molar refractivity (Wildman–Crippen MR) is 78.6 cm³/mol. The molecule has 0 aromatic heterocycles. The first-order valence-corrected chi connectivity index (χ1v) is 7.65. The lowest BCUT2D eigenvalue weighted by Gasteiger charge is -2.23. The molecule has 2 amide bonds. The third-order valence-corrected chi connectivity index (χ3v) is 4.20. The molecule has 120 valence electrons. The Morgan fingerprint density at radius 1 is 1.19 bits per heavy atom. The van der Waals surface area contributed by atoms with Crippen LogP contribution in [0.1, 0.15) is 39.5 Å². The van der Waals surface area contributed by atoms with E-state index in [9.17, 15) is 19.5 Å². The maximum atomic E-state index is 12.4. The van der Waals surface area contributed by atoms with Crippen LogP contribution in [-0.4, -0.2) is 47.9 Å². The van der Waals surface area contributed by atoms with Crippen LogP contribution in [0, 0.1) is 17.8 Å². The number of carbonyl (C=O) groups excluding carboxylic acids is 2. The van der Waals surface area contributed by atoms with Crippen LogP contribution in [0.2, 0.25) is 0 Å². The van der Waals surface area contributed by atoms with Gasteiger partial charge in [0.1, 0.15) is 0 Å². The third kappa shape index (κ3) is 4.72. The van der Waals surface area contributed by atoms with Gasteiger partial charge in [-0.1, -0.05) is 20.3 Å². The van der Waals surface area contributed by atoms with Gasteiger partial charge in [-0.05, 0) is 25.2 Å². The minimum absolute atomic E-state index is 0.0154. The Hall–Kier alpha value is -1.59. The molecule has 1 fully saturated rings. The van der Waals surface area contributed by atoms with Crippen LogP contribution in [-0.2, 0) is 14.4 Å². The number of hydrogen-bond acceptors (Lipinski definition) is 3. The quantitative estimate of drug-likeness (QED) is 0.737. The SMILES string of the molecule is CCCNC(=O)CN(C)C(=O)[C@H]1CC(CC)C[C@H]1C(=O)O. The number of carboxylic acid groups (broad SMARTS) is 1. The molecule has 0 spiro atoms. The standard InChI is InChI=1S/C15H26N2O4/c1-4-6-16-13(18)9-17(3)14(19)11-7-10(5-2)8-12(11)15(20)21/h10-12H,4-9H2,1-3H3,(H,16,18)(H,20,21)/t10?,11-,12+/m0/s1. The smallest absolute Gasteiger partial charge is 0.307 e. The average molecular weight is 298 g/mol. The van der Waals surface area contributed by atoms with E-state index in [0.717, 1.165) is 12.8 Å². The second kappa shape index (κ2) is 8.00. The fraction of sp³-hybridized carbons (Fsp3) is 0.800. The zero-order valence-electron chi connectivity index (χ0n) is 13.1. The topological polar surface area (TPSA) is 86.7 Å². The summed E-state index contributed by atoms with van der Waals surface area (Å²) in [4.78, 5) is 36.7. The largest absolute Gasteiger partial charge is 0.481 e. The van der Waals surface area contributed by atoms with E-state index in [2.05, 4.69) is 5.32 Å². The summed E-state index contributed by atoms with van der Waals surface area (Å²) in [6.07, 6.45) is 2.88. The number of aliphatic carboxylic acids is 1. The molecule has 6 nitrogen and oxygen atoms in total. The summed E-state index contributed by atoms with van der Waals surface area (Å²) in [5.74, 6) is -2.19. The van der Waals surface area contributed by atoms with Crippen molar-refractivity contribution in [3.63, 3.8) is 0 Å². The van der Waals surface area contributed by atoms with Gasteiger partial charge in [-0.2, -0.15) is 0 Å². The molecule has 0 bridgehead atoms. The zero-order valence-corrected chi connectivity index (χ0v) is 13.1. The molecular formula is C15H26N2O4. The van der Waals surface area contributed by atoms with Gasteiger partial charge in [-0.25, -0.2) is 0 Å². The van der Waals surface area contributed by atoms with Crippen LogP contribution in [0.25, 0.3) is 0 Å². The summed E-state index contributed by atoms with van der Waals surface area (Å²) in [6.45, 7) is 4.53. The van der Waals surface area contributed by atoms with Crippen molar-refractivity contribution in [2.24, 2.45) is 17.8 Å². The van der Waals surface area contributed by atoms with E-state index >= 15 is 0 Å². The molecule has 2 N–H and O–H groups in total. The highest BCUT2D eigenvalue weighted by Gasteiger charge is 2.43. The first-order valence-electron chi connectivity index (χ1n) is 7.65. The third-order valence-electron chi connectivity index (χ3n) is 4.20. The fourth-order valence-electron chi connectivity index (χ4n) is 2.92.